The number of para-hydroxylation sites is 4. The third-order valence-corrected chi connectivity index (χ3v) is 4.71. The molecule has 3 aromatic carbocycles. The van der Waals surface area contributed by atoms with Crippen molar-refractivity contribution in [3.63, 3.8) is 0 Å². The van der Waals surface area contributed by atoms with Gasteiger partial charge in [0.05, 0.1) is 16.7 Å². The molecule has 4 aromatic rings. The number of phenols is 1. The molecule has 1 heterocycles. The van der Waals surface area contributed by atoms with Gasteiger partial charge in [-0.2, -0.15) is 0 Å². The number of ketones is 1. The number of aromatic hydroxyl groups is 1. The zero-order valence-electron chi connectivity index (χ0n) is 16.6. The normalized spacial score (nSPS) is 11.6. The Balaban J connectivity index is 1.87. The summed E-state index contributed by atoms with van der Waals surface area (Å²) in [5.41, 5.74) is -0.672. The van der Waals surface area contributed by atoms with Gasteiger partial charge in [-0.15, -0.1) is 0 Å². The highest BCUT2D eigenvalue weighted by Gasteiger charge is 2.29. The van der Waals surface area contributed by atoms with E-state index in [2.05, 4.69) is 15.3 Å². The Morgan fingerprint density at radius 2 is 1.53 bits per heavy atom. The van der Waals surface area contributed by atoms with Crippen molar-refractivity contribution in [2.75, 3.05) is 5.32 Å². The lowest BCUT2D eigenvalue weighted by Crippen LogP contribution is -2.28. The first-order valence-electron chi connectivity index (χ1n) is 9.57. The summed E-state index contributed by atoms with van der Waals surface area (Å²) < 4.78 is 0. The van der Waals surface area contributed by atoms with Crippen molar-refractivity contribution in [1.82, 2.24) is 9.97 Å². The minimum atomic E-state index is -1.19. The first-order chi connectivity index (χ1) is 15.5. The molecule has 0 atom stereocenters. The standard InChI is InChI=1S/C24H17N3O5/c28-18-13-7-6-12-17(18)27-24(32)22(30)19(21(29)14-8-2-1-3-9-14)20-23(31)26-16-11-5-4-10-15(16)25-20/h1-13,28-29H,(H,26,31)(H,27,32). The van der Waals surface area contributed by atoms with Gasteiger partial charge in [0.1, 0.15) is 22.8 Å². The quantitative estimate of drug-likeness (QED) is 0.167. The molecule has 0 saturated carbocycles. The molecule has 8 heteroatoms. The lowest BCUT2D eigenvalue weighted by Gasteiger charge is -2.11. The summed E-state index contributed by atoms with van der Waals surface area (Å²) in [7, 11) is 0. The summed E-state index contributed by atoms with van der Waals surface area (Å²) >= 11 is 0. The highest BCUT2D eigenvalue weighted by Crippen LogP contribution is 2.26. The summed E-state index contributed by atoms with van der Waals surface area (Å²) in [6, 6.07) is 20.6. The van der Waals surface area contributed by atoms with Crippen molar-refractivity contribution in [1.29, 1.82) is 0 Å². The molecule has 8 nitrogen and oxygen atoms in total. The monoisotopic (exact) mass is 427 g/mol. The van der Waals surface area contributed by atoms with Crippen molar-refractivity contribution in [2.24, 2.45) is 0 Å². The Bertz CT molecular complexity index is 1420. The highest BCUT2D eigenvalue weighted by molar-refractivity contribution is 6.57. The maximum Gasteiger partial charge on any atom is 0.297 e. The van der Waals surface area contributed by atoms with Crippen molar-refractivity contribution >= 4 is 39.7 Å². The van der Waals surface area contributed by atoms with Crippen LogP contribution in [0.2, 0.25) is 0 Å². The molecule has 0 fully saturated rings. The lowest BCUT2D eigenvalue weighted by atomic mass is 10.0. The van der Waals surface area contributed by atoms with Crippen molar-refractivity contribution < 1.29 is 19.8 Å². The minimum Gasteiger partial charge on any atom is -0.506 e. The van der Waals surface area contributed by atoms with Crippen LogP contribution in [0.25, 0.3) is 22.4 Å². The molecule has 1 aromatic heterocycles. The number of carbonyl (C=O) groups is 2. The van der Waals surface area contributed by atoms with Crippen LogP contribution in [0.3, 0.4) is 0 Å². The maximum atomic E-state index is 13.2. The molecule has 32 heavy (non-hydrogen) atoms. The van der Waals surface area contributed by atoms with Crippen LogP contribution in [0, 0.1) is 0 Å². The van der Waals surface area contributed by atoms with E-state index < -0.39 is 34.3 Å². The number of carbonyl (C=O) groups excluding carboxylic acids is 2. The molecular formula is C24H17N3O5. The number of aliphatic hydroxyl groups is 1. The number of benzene rings is 3. The topological polar surface area (TPSA) is 132 Å². The Labute approximate surface area is 181 Å². The third-order valence-electron chi connectivity index (χ3n) is 4.71. The van der Waals surface area contributed by atoms with Gasteiger partial charge in [0.2, 0.25) is 0 Å². The molecule has 1 amide bonds. The van der Waals surface area contributed by atoms with E-state index in [1.807, 2.05) is 0 Å². The van der Waals surface area contributed by atoms with Crippen LogP contribution in [0.5, 0.6) is 5.75 Å². The summed E-state index contributed by atoms with van der Waals surface area (Å²) in [4.78, 5) is 45.5. The number of nitrogens with one attached hydrogen (secondary N) is 2. The van der Waals surface area contributed by atoms with Crippen LogP contribution in [-0.4, -0.2) is 31.9 Å². The molecule has 0 aliphatic rings. The molecule has 0 aliphatic carbocycles. The van der Waals surface area contributed by atoms with Gasteiger partial charge in [-0.1, -0.05) is 54.6 Å². The number of nitrogens with zero attached hydrogens (tertiary/aromatic N) is 1. The van der Waals surface area contributed by atoms with Crippen molar-refractivity contribution in [3.05, 3.63) is 100 Å². The van der Waals surface area contributed by atoms with Crippen LogP contribution in [0.15, 0.2) is 83.7 Å². The average Bonchev–Trinajstić information content (AvgIpc) is 2.81. The van der Waals surface area contributed by atoms with E-state index in [-0.39, 0.29) is 17.0 Å². The summed E-state index contributed by atoms with van der Waals surface area (Å²) in [5, 5.41) is 23.1. The number of aliphatic hydroxyl groups excluding tert-OH is 1. The van der Waals surface area contributed by atoms with Crippen molar-refractivity contribution in [2.45, 2.75) is 0 Å². The number of fused-ring (bicyclic) bond motifs is 1. The summed E-state index contributed by atoms with van der Waals surface area (Å²) in [5.74, 6) is -3.16. The number of phenolic OH excluding ortho intramolecular Hbond substituents is 1. The van der Waals surface area contributed by atoms with E-state index in [4.69, 9.17) is 0 Å². The SMILES string of the molecule is O=C(Nc1ccccc1O)C(=O)C(=C(O)c1ccccc1)c1nc2ccccc2[nH]c1=O. The van der Waals surface area contributed by atoms with Gasteiger partial charge < -0.3 is 20.5 Å². The second-order valence-corrected chi connectivity index (χ2v) is 6.82. The number of hydrogen-bond donors (Lipinski definition) is 4. The molecule has 0 saturated heterocycles. The fourth-order valence-electron chi connectivity index (χ4n) is 3.14. The van der Waals surface area contributed by atoms with Crippen molar-refractivity contribution in [3.8, 4) is 5.75 Å². The van der Waals surface area contributed by atoms with E-state index in [1.165, 1.54) is 24.3 Å². The van der Waals surface area contributed by atoms with Gasteiger partial charge in [0.25, 0.3) is 17.2 Å². The smallest absolute Gasteiger partial charge is 0.297 e. The Hall–Kier alpha value is -4.72. The van der Waals surface area contributed by atoms with Crippen LogP contribution in [0.1, 0.15) is 11.3 Å². The van der Waals surface area contributed by atoms with Gasteiger partial charge in [-0.25, -0.2) is 4.98 Å². The molecule has 0 aliphatic heterocycles. The molecule has 0 spiro atoms. The molecule has 4 rings (SSSR count). The molecular weight excluding hydrogens is 410 g/mol. The summed E-state index contributed by atoms with van der Waals surface area (Å²) in [6.07, 6.45) is 0. The van der Waals surface area contributed by atoms with Gasteiger partial charge in [-0.3, -0.25) is 14.4 Å². The number of hydrogen-bond acceptors (Lipinski definition) is 6. The van der Waals surface area contributed by atoms with Gasteiger partial charge in [0.15, 0.2) is 0 Å². The first-order valence-corrected chi connectivity index (χ1v) is 9.57. The number of anilines is 1. The lowest BCUT2D eigenvalue weighted by molar-refractivity contribution is -0.131. The highest BCUT2D eigenvalue weighted by atomic mass is 16.3. The van der Waals surface area contributed by atoms with Crippen LogP contribution in [0.4, 0.5) is 5.69 Å². The predicted octanol–water partition coefficient (Wildman–Crippen LogP) is 3.26. The molecule has 0 radical (unpaired) electrons. The Morgan fingerprint density at radius 1 is 0.875 bits per heavy atom. The number of aromatic amines is 1. The zero-order valence-corrected chi connectivity index (χ0v) is 16.6. The number of H-pyrrole nitrogens is 1. The summed E-state index contributed by atoms with van der Waals surface area (Å²) in [6.45, 7) is 0. The van der Waals surface area contributed by atoms with Crippen LogP contribution >= 0.6 is 0 Å². The molecule has 4 N–H and O–H groups in total. The maximum absolute atomic E-state index is 13.2. The molecule has 0 bridgehead atoms. The number of rotatable bonds is 5. The van der Waals surface area contributed by atoms with Gasteiger partial charge in [-0.05, 0) is 24.3 Å². The van der Waals surface area contributed by atoms with E-state index >= 15 is 0 Å². The first kappa shape index (κ1) is 20.5. The third kappa shape index (κ3) is 3.97. The fraction of sp³-hybridized carbons (Fsp3) is 0. The second-order valence-electron chi connectivity index (χ2n) is 6.82. The van der Waals surface area contributed by atoms with Gasteiger partial charge in [0, 0.05) is 5.56 Å². The number of Topliss-reactive ketones (excluding diaryl/α,β-unsaturated/α-hetero) is 1. The predicted molar refractivity (Wildman–Crippen MR) is 120 cm³/mol. The fourth-order valence-corrected chi connectivity index (χ4v) is 3.14. The number of amides is 1. The van der Waals surface area contributed by atoms with E-state index in [1.54, 1.807) is 54.6 Å². The van der Waals surface area contributed by atoms with E-state index in [0.717, 1.165) is 0 Å². The Morgan fingerprint density at radius 3 is 2.28 bits per heavy atom. The van der Waals surface area contributed by atoms with Crippen LogP contribution < -0.4 is 10.9 Å². The van der Waals surface area contributed by atoms with E-state index in [9.17, 15) is 24.6 Å². The van der Waals surface area contributed by atoms with Crippen LogP contribution in [-0.2, 0) is 9.59 Å². The Kier molecular flexibility index (Phi) is 5.50. The average molecular weight is 427 g/mol. The number of aromatic nitrogens is 2. The van der Waals surface area contributed by atoms with E-state index in [0.29, 0.717) is 11.0 Å². The molecule has 158 valence electrons. The largest absolute Gasteiger partial charge is 0.506 e. The second kappa shape index (κ2) is 8.57. The zero-order chi connectivity index (χ0) is 22.7. The minimum absolute atomic E-state index is 0.00443. The molecule has 0 unspecified atom stereocenters. The van der Waals surface area contributed by atoms with Gasteiger partial charge >= 0.3 is 0 Å².